The lowest BCUT2D eigenvalue weighted by Crippen LogP contribution is -2.49. The highest BCUT2D eigenvalue weighted by Gasteiger charge is 2.21. The van der Waals surface area contributed by atoms with Gasteiger partial charge >= 0.3 is 0 Å². The zero-order chi connectivity index (χ0) is 20.5. The summed E-state index contributed by atoms with van der Waals surface area (Å²) in [5.41, 5.74) is 1.60. The third-order valence-electron chi connectivity index (χ3n) is 4.69. The largest absolute Gasteiger partial charge is 0.357 e. The maximum absolute atomic E-state index is 13.9. The molecular weight excluding hydrogens is 494 g/mol. The number of rotatable bonds is 8. The molecule has 0 atom stereocenters. The highest BCUT2D eigenvalue weighted by Crippen LogP contribution is 2.14. The van der Waals surface area contributed by atoms with E-state index in [1.807, 2.05) is 32.0 Å². The van der Waals surface area contributed by atoms with Crippen molar-refractivity contribution in [2.45, 2.75) is 45.3 Å². The van der Waals surface area contributed by atoms with Gasteiger partial charge in [-0.25, -0.2) is 18.2 Å². The molecule has 0 amide bonds. The van der Waals surface area contributed by atoms with Gasteiger partial charge in [-0.05, 0) is 51.6 Å². The van der Waals surface area contributed by atoms with Gasteiger partial charge in [-0.15, -0.1) is 24.0 Å². The van der Waals surface area contributed by atoms with Crippen LogP contribution in [-0.2, 0) is 13.1 Å². The number of alkyl halides is 2. The fourth-order valence-electron chi connectivity index (χ4n) is 3.33. The van der Waals surface area contributed by atoms with Crippen molar-refractivity contribution >= 4 is 29.9 Å². The molecule has 1 aliphatic heterocycles. The minimum Gasteiger partial charge on any atom is -0.357 e. The quantitative estimate of drug-likeness (QED) is 0.310. The minimum atomic E-state index is -2.28. The Kier molecular flexibility index (Phi) is 11.9. The van der Waals surface area contributed by atoms with Crippen molar-refractivity contribution in [3.05, 3.63) is 35.1 Å². The van der Waals surface area contributed by atoms with Crippen LogP contribution in [0, 0.1) is 5.82 Å². The predicted octanol–water partition coefficient (Wildman–Crippen LogP) is 3.29. The molecule has 1 heterocycles. The molecule has 0 unspecified atom stereocenters. The van der Waals surface area contributed by atoms with Gasteiger partial charge in [0, 0.05) is 37.8 Å². The molecule has 0 radical (unpaired) electrons. The molecule has 0 aromatic heterocycles. The zero-order valence-electron chi connectivity index (χ0n) is 17.4. The Balaban J connectivity index is 0.00000420. The van der Waals surface area contributed by atoms with Crippen LogP contribution in [0.5, 0.6) is 0 Å². The van der Waals surface area contributed by atoms with Gasteiger partial charge in [0.25, 0.3) is 6.43 Å². The lowest BCUT2D eigenvalue weighted by Gasteiger charge is -2.32. The van der Waals surface area contributed by atoms with E-state index in [1.54, 1.807) is 11.0 Å². The zero-order valence-corrected chi connectivity index (χ0v) is 19.8. The second-order valence-corrected chi connectivity index (χ2v) is 7.47. The maximum Gasteiger partial charge on any atom is 0.251 e. The lowest BCUT2D eigenvalue weighted by molar-refractivity contribution is 0.0744. The van der Waals surface area contributed by atoms with Gasteiger partial charge in [0.15, 0.2) is 5.96 Å². The first-order chi connectivity index (χ1) is 13.4. The second kappa shape index (κ2) is 13.3. The van der Waals surface area contributed by atoms with Crippen molar-refractivity contribution in [2.24, 2.45) is 4.99 Å². The number of likely N-dealkylation sites (tertiary alicyclic amines) is 1. The number of benzene rings is 1. The molecule has 2 rings (SSSR count). The van der Waals surface area contributed by atoms with Crippen molar-refractivity contribution in [1.82, 2.24) is 20.4 Å². The van der Waals surface area contributed by atoms with Crippen molar-refractivity contribution in [3.8, 4) is 0 Å². The van der Waals surface area contributed by atoms with Gasteiger partial charge in [0.1, 0.15) is 5.82 Å². The van der Waals surface area contributed by atoms with Crippen LogP contribution in [0.25, 0.3) is 0 Å². The number of guanidine groups is 1. The second-order valence-electron chi connectivity index (χ2n) is 7.47. The Bertz CT molecular complexity index is 635. The van der Waals surface area contributed by atoms with Crippen molar-refractivity contribution in [2.75, 3.05) is 40.3 Å². The standard InChI is InChI=1S/C20H32F3N5.HI/c1-4-24-20(26-17-7-9-28(10-8-17)14-19(22)23)25-12-15-5-6-18(21)16(11-15)13-27(2)3;/h5-6,11,17,19H,4,7-10,12-14H2,1-3H3,(H2,24,25,26);1H. The molecule has 29 heavy (non-hydrogen) atoms. The summed E-state index contributed by atoms with van der Waals surface area (Å²) in [4.78, 5) is 8.35. The summed E-state index contributed by atoms with van der Waals surface area (Å²) in [6, 6.07) is 5.31. The van der Waals surface area contributed by atoms with Crippen LogP contribution in [0.4, 0.5) is 13.2 Å². The van der Waals surface area contributed by atoms with Gasteiger partial charge in [0.2, 0.25) is 0 Å². The average molecular weight is 527 g/mol. The molecule has 0 saturated carbocycles. The molecule has 2 N–H and O–H groups in total. The molecular formula is C20H33F3IN5. The van der Waals surface area contributed by atoms with Crippen LogP contribution in [0.15, 0.2) is 23.2 Å². The van der Waals surface area contributed by atoms with E-state index in [1.165, 1.54) is 6.07 Å². The van der Waals surface area contributed by atoms with Gasteiger partial charge in [-0.1, -0.05) is 6.07 Å². The number of hydrogen-bond acceptors (Lipinski definition) is 3. The first-order valence-electron chi connectivity index (χ1n) is 9.84. The molecule has 0 spiro atoms. The lowest BCUT2D eigenvalue weighted by atomic mass is 10.1. The van der Waals surface area contributed by atoms with E-state index in [0.717, 1.165) is 24.9 Å². The summed E-state index contributed by atoms with van der Waals surface area (Å²) >= 11 is 0. The van der Waals surface area contributed by atoms with Gasteiger partial charge < -0.3 is 15.5 Å². The van der Waals surface area contributed by atoms with E-state index in [9.17, 15) is 13.2 Å². The SMILES string of the molecule is CCNC(=NCc1ccc(F)c(CN(C)C)c1)NC1CCN(CC(F)F)CC1.I. The third-order valence-corrected chi connectivity index (χ3v) is 4.69. The Hall–Kier alpha value is -1.07. The van der Waals surface area contributed by atoms with E-state index in [0.29, 0.717) is 37.7 Å². The fourth-order valence-corrected chi connectivity index (χ4v) is 3.33. The number of nitrogens with one attached hydrogen (secondary N) is 2. The molecule has 5 nitrogen and oxygen atoms in total. The maximum atomic E-state index is 13.9. The van der Waals surface area contributed by atoms with E-state index in [-0.39, 0.29) is 42.4 Å². The van der Waals surface area contributed by atoms with Crippen molar-refractivity contribution in [3.63, 3.8) is 0 Å². The van der Waals surface area contributed by atoms with E-state index < -0.39 is 6.43 Å². The Morgan fingerprint density at radius 2 is 1.97 bits per heavy atom. The predicted molar refractivity (Wildman–Crippen MR) is 123 cm³/mol. The summed E-state index contributed by atoms with van der Waals surface area (Å²) in [5.74, 6) is 0.496. The third kappa shape index (κ3) is 9.52. The number of aliphatic imine (C=N–C) groups is 1. The topological polar surface area (TPSA) is 42.9 Å². The van der Waals surface area contributed by atoms with Crippen LogP contribution in [-0.4, -0.2) is 68.5 Å². The van der Waals surface area contributed by atoms with Gasteiger partial charge in [0.05, 0.1) is 13.1 Å². The highest BCUT2D eigenvalue weighted by molar-refractivity contribution is 14.0. The Morgan fingerprint density at radius 1 is 1.28 bits per heavy atom. The summed E-state index contributed by atoms with van der Waals surface area (Å²) in [6.45, 7) is 4.88. The smallest absolute Gasteiger partial charge is 0.251 e. The van der Waals surface area contributed by atoms with Crippen molar-refractivity contribution in [1.29, 1.82) is 0 Å². The van der Waals surface area contributed by atoms with Crippen LogP contribution < -0.4 is 10.6 Å². The summed E-state index contributed by atoms with van der Waals surface area (Å²) in [5, 5.41) is 6.63. The van der Waals surface area contributed by atoms with E-state index in [2.05, 4.69) is 15.6 Å². The molecule has 1 aromatic carbocycles. The number of piperidine rings is 1. The molecule has 1 saturated heterocycles. The summed E-state index contributed by atoms with van der Waals surface area (Å²) in [7, 11) is 3.81. The summed E-state index contributed by atoms with van der Waals surface area (Å²) in [6.07, 6.45) is -0.669. The minimum absolute atomic E-state index is 0. The van der Waals surface area contributed by atoms with Crippen molar-refractivity contribution < 1.29 is 13.2 Å². The molecule has 9 heteroatoms. The summed E-state index contributed by atoms with van der Waals surface area (Å²) < 4.78 is 38.9. The molecule has 1 aliphatic rings. The van der Waals surface area contributed by atoms with Gasteiger partial charge in [-0.3, -0.25) is 4.90 Å². The monoisotopic (exact) mass is 527 g/mol. The van der Waals surface area contributed by atoms with Gasteiger partial charge in [-0.2, -0.15) is 0 Å². The Morgan fingerprint density at radius 3 is 2.55 bits per heavy atom. The first kappa shape index (κ1) is 26.0. The molecule has 166 valence electrons. The fraction of sp³-hybridized carbons (Fsp3) is 0.650. The van der Waals surface area contributed by atoms with E-state index >= 15 is 0 Å². The highest BCUT2D eigenvalue weighted by atomic mass is 127. The van der Waals surface area contributed by atoms with E-state index in [4.69, 9.17) is 0 Å². The number of hydrogen-bond donors (Lipinski definition) is 2. The van der Waals surface area contributed by atoms with Crippen LogP contribution in [0.3, 0.4) is 0 Å². The molecule has 1 fully saturated rings. The molecule has 0 bridgehead atoms. The van der Waals surface area contributed by atoms with Crippen LogP contribution in [0.2, 0.25) is 0 Å². The Labute approximate surface area is 189 Å². The molecule has 0 aliphatic carbocycles. The normalized spacial score (nSPS) is 16.2. The average Bonchev–Trinajstić information content (AvgIpc) is 2.63. The number of halogens is 4. The molecule has 1 aromatic rings. The number of nitrogens with zero attached hydrogens (tertiary/aromatic N) is 3. The van der Waals surface area contributed by atoms with Crippen LogP contribution >= 0.6 is 24.0 Å². The first-order valence-corrected chi connectivity index (χ1v) is 9.84. The van der Waals surface area contributed by atoms with Crippen LogP contribution in [0.1, 0.15) is 30.9 Å².